The number of hydrogen-bond donors (Lipinski definition) is 6. The van der Waals surface area contributed by atoms with Gasteiger partial charge in [0.15, 0.2) is 0 Å². The van der Waals surface area contributed by atoms with Crippen molar-refractivity contribution in [3.8, 4) is 0 Å². The van der Waals surface area contributed by atoms with Gasteiger partial charge in [0, 0.05) is 17.6 Å². The molecule has 3 aromatic rings. The molecule has 1 aromatic carbocycles. The third kappa shape index (κ3) is 5.82. The highest BCUT2D eigenvalue weighted by Gasteiger charge is 2.39. The quantitative estimate of drug-likeness (QED) is 0.258. The second-order valence-electron chi connectivity index (χ2n) is 9.92. The molecule has 5 amide bonds. The molecule has 2 aromatic heterocycles. The zero-order valence-electron chi connectivity index (χ0n) is 22.0. The van der Waals surface area contributed by atoms with Crippen LogP contribution in [0.15, 0.2) is 34.7 Å². The van der Waals surface area contributed by atoms with Crippen LogP contribution in [0.4, 0.5) is 4.79 Å². The number of nitrogens with zero attached hydrogens (tertiary/aromatic N) is 3. The van der Waals surface area contributed by atoms with Crippen molar-refractivity contribution in [2.75, 3.05) is 13.2 Å². The number of benzene rings is 1. The topological polar surface area (TPSA) is 195 Å². The highest BCUT2D eigenvalue weighted by Crippen LogP contribution is 2.31. The number of aliphatic hydroxyl groups is 1. The number of fused-ring (bicyclic) bond motifs is 4. The van der Waals surface area contributed by atoms with Crippen LogP contribution in [-0.4, -0.2) is 80.2 Å². The van der Waals surface area contributed by atoms with Crippen molar-refractivity contribution in [1.29, 1.82) is 0 Å². The Kier molecular flexibility index (Phi) is 8.07. The van der Waals surface area contributed by atoms with E-state index in [1.807, 2.05) is 42.2 Å². The summed E-state index contributed by atoms with van der Waals surface area (Å²) in [6.45, 7) is 1.72. The molecule has 14 nitrogen and oxygen atoms in total. The monoisotopic (exact) mass is 552 g/mol. The van der Waals surface area contributed by atoms with Gasteiger partial charge in [-0.1, -0.05) is 25.1 Å². The molecule has 1 unspecified atom stereocenters. The van der Waals surface area contributed by atoms with Gasteiger partial charge in [0.25, 0.3) is 5.91 Å². The maximum Gasteiger partial charge on any atom is 0.322 e. The van der Waals surface area contributed by atoms with Crippen LogP contribution in [0, 0.1) is 0 Å². The number of carbonyl (C=O) groups is 4. The predicted molar refractivity (Wildman–Crippen MR) is 140 cm³/mol. The zero-order chi connectivity index (χ0) is 28.2. The first-order valence-electron chi connectivity index (χ1n) is 13.3. The highest BCUT2D eigenvalue weighted by atomic mass is 16.4. The van der Waals surface area contributed by atoms with Gasteiger partial charge in [-0.25, -0.2) is 4.79 Å². The minimum Gasteiger partial charge on any atom is -0.422 e. The van der Waals surface area contributed by atoms with Crippen molar-refractivity contribution in [3.63, 3.8) is 0 Å². The molecule has 4 heterocycles. The summed E-state index contributed by atoms with van der Waals surface area (Å²) in [5, 5.41) is 28.6. The van der Waals surface area contributed by atoms with Crippen LogP contribution in [0.5, 0.6) is 0 Å². The van der Waals surface area contributed by atoms with Crippen LogP contribution in [0.25, 0.3) is 10.9 Å². The molecule has 40 heavy (non-hydrogen) atoms. The fourth-order valence-corrected chi connectivity index (χ4v) is 5.28. The minimum atomic E-state index is -1.35. The summed E-state index contributed by atoms with van der Waals surface area (Å²) in [4.78, 5) is 57.4. The molecule has 0 aliphatic carbocycles. The van der Waals surface area contributed by atoms with Crippen molar-refractivity contribution in [2.45, 2.75) is 63.3 Å². The van der Waals surface area contributed by atoms with Crippen LogP contribution in [-0.2, 0) is 27.3 Å². The molecular weight excluding hydrogens is 520 g/mol. The molecule has 212 valence electrons. The Bertz CT molecular complexity index is 1370. The Balaban J connectivity index is 1.45. The van der Waals surface area contributed by atoms with E-state index in [0.29, 0.717) is 31.0 Å². The molecular formula is C26H32N8O6. The number of imide groups is 1. The van der Waals surface area contributed by atoms with E-state index in [2.05, 4.69) is 36.4 Å². The molecule has 2 aliphatic rings. The molecule has 4 atom stereocenters. The van der Waals surface area contributed by atoms with Gasteiger partial charge in [0.1, 0.15) is 12.1 Å². The molecule has 1 saturated heterocycles. The average Bonchev–Trinajstić information content (AvgIpc) is 3.70. The van der Waals surface area contributed by atoms with E-state index in [-0.39, 0.29) is 30.8 Å². The van der Waals surface area contributed by atoms with Crippen LogP contribution in [0.1, 0.15) is 49.7 Å². The smallest absolute Gasteiger partial charge is 0.322 e. The molecule has 0 radical (unpaired) electrons. The number of H-pyrrole nitrogens is 1. The van der Waals surface area contributed by atoms with Gasteiger partial charge < -0.3 is 30.5 Å². The number of amides is 5. The van der Waals surface area contributed by atoms with E-state index in [0.717, 1.165) is 17.3 Å². The average molecular weight is 553 g/mol. The van der Waals surface area contributed by atoms with E-state index in [1.165, 1.54) is 0 Å². The third-order valence-electron chi connectivity index (χ3n) is 7.25. The number of rotatable bonds is 4. The molecule has 6 N–H and O–H groups in total. The first-order valence-corrected chi connectivity index (χ1v) is 13.3. The normalized spacial score (nSPS) is 25.1. The number of aromatic amines is 1. The minimum absolute atomic E-state index is 0.0837. The van der Waals surface area contributed by atoms with Crippen molar-refractivity contribution in [2.24, 2.45) is 0 Å². The summed E-state index contributed by atoms with van der Waals surface area (Å²) in [7, 11) is 0. The molecule has 5 rings (SSSR count). The molecule has 2 aliphatic heterocycles. The molecule has 14 heteroatoms. The fourth-order valence-electron chi connectivity index (χ4n) is 5.28. The number of aromatic nitrogens is 3. The highest BCUT2D eigenvalue weighted by molar-refractivity contribution is 6.00. The maximum atomic E-state index is 13.6. The lowest BCUT2D eigenvalue weighted by molar-refractivity contribution is -0.131. The van der Waals surface area contributed by atoms with E-state index >= 15 is 0 Å². The Hall–Kier alpha value is -4.30. The lowest BCUT2D eigenvalue weighted by Crippen LogP contribution is -2.57. The number of urea groups is 1. The first-order chi connectivity index (χ1) is 19.4. The summed E-state index contributed by atoms with van der Waals surface area (Å²) in [6.07, 6.45) is 2.00. The fraction of sp³-hybridized carbons (Fsp3) is 0.462. The van der Waals surface area contributed by atoms with Gasteiger partial charge in [-0.2, -0.15) is 0 Å². The van der Waals surface area contributed by atoms with Crippen molar-refractivity contribution < 1.29 is 28.7 Å². The number of carbonyl (C=O) groups excluding carboxylic acids is 4. The second-order valence-corrected chi connectivity index (χ2v) is 9.92. The van der Waals surface area contributed by atoms with Crippen molar-refractivity contribution in [3.05, 3.63) is 47.8 Å². The number of nitrogens with one attached hydrogen (secondary N) is 5. The van der Waals surface area contributed by atoms with Crippen LogP contribution >= 0.6 is 0 Å². The van der Waals surface area contributed by atoms with Crippen LogP contribution in [0.3, 0.4) is 0 Å². The predicted octanol–water partition coefficient (Wildman–Crippen LogP) is 0.0104. The standard InChI is InChI=1S/C26H32N8O6/c1-2-19-25-33-32-21(40-25)12-27-22(36)18(13-35)30-26(39)31-23(37)17(29-24(38)20-8-5-9-34(19)20)11-15-10-14-6-3-4-7-16(14)28-15/h3-4,6-7,10,17-20,28,35H,2,5,8-9,11-13H2,1H3,(H,27,36)(H,29,38)(H2,30,31,37,39)/t17-,18-,19?,20-/m0/s1. The van der Waals surface area contributed by atoms with Crippen LogP contribution in [0.2, 0.25) is 0 Å². The van der Waals surface area contributed by atoms with Gasteiger partial charge in [-0.15, -0.1) is 10.2 Å². The Morgan fingerprint density at radius 1 is 1.05 bits per heavy atom. The van der Waals surface area contributed by atoms with E-state index in [1.54, 1.807) is 0 Å². The Morgan fingerprint density at radius 2 is 1.88 bits per heavy atom. The molecule has 0 spiro atoms. The molecule has 1 fully saturated rings. The second kappa shape index (κ2) is 11.8. The van der Waals surface area contributed by atoms with E-state index in [9.17, 15) is 24.3 Å². The largest absolute Gasteiger partial charge is 0.422 e. The van der Waals surface area contributed by atoms with E-state index < -0.39 is 42.6 Å². The van der Waals surface area contributed by atoms with Gasteiger partial charge >= 0.3 is 6.03 Å². The third-order valence-corrected chi connectivity index (χ3v) is 7.25. The zero-order valence-corrected chi connectivity index (χ0v) is 22.0. The summed E-state index contributed by atoms with van der Waals surface area (Å²) in [5.41, 5.74) is 1.56. The lowest BCUT2D eigenvalue weighted by Gasteiger charge is -2.30. The summed E-state index contributed by atoms with van der Waals surface area (Å²) in [6, 6.07) is 5.13. The Labute approximate surface area is 229 Å². The van der Waals surface area contributed by atoms with Crippen LogP contribution < -0.4 is 21.3 Å². The molecule has 0 saturated carbocycles. The van der Waals surface area contributed by atoms with Gasteiger partial charge in [-0.05, 0) is 43.3 Å². The molecule has 2 bridgehead atoms. The summed E-state index contributed by atoms with van der Waals surface area (Å²) < 4.78 is 5.81. The number of aliphatic hydroxyl groups excluding tert-OH is 1. The summed E-state index contributed by atoms with van der Waals surface area (Å²) in [5.74, 6) is -1.37. The van der Waals surface area contributed by atoms with E-state index in [4.69, 9.17) is 4.42 Å². The van der Waals surface area contributed by atoms with Gasteiger partial charge in [0.2, 0.25) is 23.6 Å². The maximum absolute atomic E-state index is 13.6. The first kappa shape index (κ1) is 27.3. The number of para-hydroxylation sites is 1. The Morgan fingerprint density at radius 3 is 2.65 bits per heavy atom. The van der Waals surface area contributed by atoms with Crippen molar-refractivity contribution in [1.82, 2.24) is 41.3 Å². The SMILES string of the molecule is CCC1c2nnc(o2)CNC(=O)[C@H](CO)NC(=O)NC(=O)[C@H](Cc2cc3ccccc3[nH]2)NC(=O)[C@@H]2CCCN12. The van der Waals surface area contributed by atoms with Crippen molar-refractivity contribution >= 4 is 34.7 Å². The lowest BCUT2D eigenvalue weighted by atomic mass is 10.1. The van der Waals surface area contributed by atoms with Gasteiger partial charge in [-0.3, -0.25) is 24.6 Å². The van der Waals surface area contributed by atoms with Gasteiger partial charge in [0.05, 0.1) is 25.2 Å². The summed E-state index contributed by atoms with van der Waals surface area (Å²) >= 11 is 0. The number of hydrogen-bond acceptors (Lipinski definition) is 9.